The molecule has 0 heterocycles. The molecule has 90 valence electrons. The van der Waals surface area contributed by atoms with Crippen molar-refractivity contribution in [1.29, 1.82) is 0 Å². The Balaban J connectivity index is 3.55. The van der Waals surface area contributed by atoms with Crippen molar-refractivity contribution in [2.75, 3.05) is 0 Å². The van der Waals surface area contributed by atoms with E-state index in [1.54, 1.807) is 0 Å². The van der Waals surface area contributed by atoms with Gasteiger partial charge in [-0.3, -0.25) is 0 Å². The molecule has 0 aromatic heterocycles. The van der Waals surface area contributed by atoms with E-state index in [9.17, 15) is 17.6 Å². The van der Waals surface area contributed by atoms with Crippen molar-refractivity contribution < 1.29 is 17.6 Å². The number of hydrogen-bond donors (Lipinski definition) is 0. The Kier molecular flexibility index (Phi) is 4.10. The molecule has 0 bridgehead atoms. The Morgan fingerprint density at radius 1 is 0.833 bits per heavy atom. The SMILES string of the molecule is [B]C([B])([B])C(F)(c1cc(Cl)cc(Cl)c1)C(F)(F)F. The quantitative estimate of drug-likeness (QED) is 0.579. The first-order valence-electron chi connectivity index (χ1n) is 4.48. The van der Waals surface area contributed by atoms with E-state index >= 15 is 0 Å². The molecule has 0 aliphatic carbocycles. The normalized spacial score (nSPS) is 16.3. The molecule has 0 N–H and O–H groups in total. The van der Waals surface area contributed by atoms with Gasteiger partial charge < -0.3 is 0 Å². The second kappa shape index (κ2) is 4.67. The molecule has 1 rings (SSSR count). The van der Waals surface area contributed by atoms with Gasteiger partial charge in [0.2, 0.25) is 5.67 Å². The van der Waals surface area contributed by atoms with Crippen molar-refractivity contribution in [2.45, 2.75) is 17.0 Å². The van der Waals surface area contributed by atoms with E-state index in [0.29, 0.717) is 12.1 Å². The molecule has 0 spiro atoms. The Morgan fingerprint density at radius 3 is 1.50 bits per heavy atom. The van der Waals surface area contributed by atoms with Gasteiger partial charge in [-0.15, -0.1) is 0 Å². The van der Waals surface area contributed by atoms with E-state index in [2.05, 4.69) is 0 Å². The molecule has 0 nitrogen and oxygen atoms in total. The van der Waals surface area contributed by atoms with Crippen LogP contribution >= 0.6 is 23.2 Å². The van der Waals surface area contributed by atoms with Gasteiger partial charge in [0.1, 0.15) is 0 Å². The summed E-state index contributed by atoms with van der Waals surface area (Å²) in [6, 6.07) is 2.55. The third-order valence-electron chi connectivity index (χ3n) is 2.25. The Hall–Kier alpha value is -0.285. The standard InChI is InChI=1S/C9H3B3Cl2F4/c10-8(11,12)7(15,9(16,17)18)4-1-5(13)3-6(14)2-4/h1-3H. The van der Waals surface area contributed by atoms with Gasteiger partial charge in [0.25, 0.3) is 0 Å². The molecule has 6 radical (unpaired) electrons. The van der Waals surface area contributed by atoms with Crippen molar-refractivity contribution in [2.24, 2.45) is 0 Å². The summed E-state index contributed by atoms with van der Waals surface area (Å²) in [5, 5.41) is -3.58. The van der Waals surface area contributed by atoms with Crippen LogP contribution in [0.25, 0.3) is 0 Å². The minimum Gasteiger partial charge on any atom is -0.230 e. The predicted octanol–water partition coefficient (Wildman–Crippen LogP) is 3.30. The zero-order valence-corrected chi connectivity index (χ0v) is 10.2. The van der Waals surface area contributed by atoms with Crippen molar-refractivity contribution >= 4 is 46.7 Å². The summed E-state index contributed by atoms with van der Waals surface area (Å²) in [6.07, 6.45) is -5.43. The zero-order chi connectivity index (χ0) is 14.4. The lowest BCUT2D eigenvalue weighted by Crippen LogP contribution is -2.49. The molecule has 0 amide bonds. The summed E-state index contributed by atoms with van der Waals surface area (Å²) in [7, 11) is 14.7. The number of halogens is 6. The maximum absolute atomic E-state index is 14.3. The molecule has 1 aromatic carbocycles. The van der Waals surface area contributed by atoms with Crippen LogP contribution in [0.1, 0.15) is 5.56 Å². The average Bonchev–Trinajstić information content (AvgIpc) is 2.11. The molecule has 18 heavy (non-hydrogen) atoms. The fourth-order valence-electron chi connectivity index (χ4n) is 1.41. The van der Waals surface area contributed by atoms with Crippen LogP contribution < -0.4 is 0 Å². The lowest BCUT2D eigenvalue weighted by atomic mass is 9.35. The van der Waals surface area contributed by atoms with Crippen LogP contribution in [0.5, 0.6) is 0 Å². The van der Waals surface area contributed by atoms with Gasteiger partial charge in [-0.25, -0.2) is 4.39 Å². The van der Waals surface area contributed by atoms with Gasteiger partial charge in [0, 0.05) is 10.0 Å². The third kappa shape index (κ3) is 2.67. The summed E-state index contributed by atoms with van der Waals surface area (Å²) < 4.78 is 52.8. The molecule has 0 saturated carbocycles. The average molecular weight is 290 g/mol. The number of alkyl halides is 4. The third-order valence-corrected chi connectivity index (χ3v) is 2.68. The van der Waals surface area contributed by atoms with Gasteiger partial charge in [-0.1, -0.05) is 28.3 Å². The first kappa shape index (κ1) is 15.8. The maximum Gasteiger partial charge on any atom is 0.425 e. The van der Waals surface area contributed by atoms with E-state index in [4.69, 9.17) is 46.7 Å². The van der Waals surface area contributed by atoms with Gasteiger partial charge in [-0.2, -0.15) is 13.2 Å². The van der Waals surface area contributed by atoms with Gasteiger partial charge in [-0.05, 0) is 23.8 Å². The Labute approximate surface area is 115 Å². The largest absolute Gasteiger partial charge is 0.425 e. The van der Waals surface area contributed by atoms with Crippen LogP contribution in [-0.4, -0.2) is 29.7 Å². The van der Waals surface area contributed by atoms with Crippen LogP contribution in [0.2, 0.25) is 15.2 Å². The molecule has 0 aliphatic heterocycles. The lowest BCUT2D eigenvalue weighted by Gasteiger charge is -2.41. The maximum atomic E-state index is 14.3. The Bertz CT molecular complexity index is 422. The number of hydrogen-bond acceptors (Lipinski definition) is 0. The summed E-state index contributed by atoms with van der Waals surface area (Å²) in [5.74, 6) is 0. The molecule has 1 aromatic rings. The second-order valence-electron chi connectivity index (χ2n) is 3.75. The second-order valence-corrected chi connectivity index (χ2v) is 4.62. The van der Waals surface area contributed by atoms with Crippen molar-refractivity contribution in [3.63, 3.8) is 0 Å². The predicted molar refractivity (Wildman–Crippen MR) is 65.3 cm³/mol. The van der Waals surface area contributed by atoms with E-state index in [1.165, 1.54) is 0 Å². The first-order chi connectivity index (χ1) is 7.89. The fourth-order valence-corrected chi connectivity index (χ4v) is 1.94. The number of rotatable bonds is 2. The fraction of sp³-hybridized carbons (Fsp3) is 0.333. The lowest BCUT2D eigenvalue weighted by molar-refractivity contribution is -0.235. The smallest absolute Gasteiger partial charge is 0.230 e. The molecule has 9 heteroatoms. The highest BCUT2D eigenvalue weighted by atomic mass is 35.5. The minimum absolute atomic E-state index is 0.201. The van der Waals surface area contributed by atoms with Crippen molar-refractivity contribution in [3.8, 4) is 0 Å². The summed E-state index contributed by atoms with van der Waals surface area (Å²) in [5.41, 5.74) is -5.14. The van der Waals surface area contributed by atoms with Crippen LogP contribution in [0, 0.1) is 0 Å². The van der Waals surface area contributed by atoms with Crippen molar-refractivity contribution in [1.82, 2.24) is 0 Å². The van der Waals surface area contributed by atoms with Crippen LogP contribution in [0.15, 0.2) is 18.2 Å². The molecule has 1 unspecified atom stereocenters. The molecule has 0 aliphatic rings. The highest BCUT2D eigenvalue weighted by molar-refractivity contribution is 6.59. The summed E-state index contributed by atoms with van der Waals surface area (Å²) >= 11 is 11.0. The molecular weight excluding hydrogens is 287 g/mol. The van der Waals surface area contributed by atoms with Gasteiger partial charge >= 0.3 is 6.18 Å². The molecule has 1 atom stereocenters. The van der Waals surface area contributed by atoms with Crippen molar-refractivity contribution in [3.05, 3.63) is 33.8 Å². The van der Waals surface area contributed by atoms with Crippen LogP contribution in [0.3, 0.4) is 0 Å². The molecular formula is C9H3B3Cl2F4. The van der Waals surface area contributed by atoms with E-state index in [1.807, 2.05) is 0 Å². The van der Waals surface area contributed by atoms with E-state index < -0.39 is 22.5 Å². The van der Waals surface area contributed by atoms with E-state index in [0.717, 1.165) is 6.07 Å². The number of benzene rings is 1. The van der Waals surface area contributed by atoms with Gasteiger partial charge in [0.15, 0.2) is 0 Å². The minimum atomic E-state index is -5.43. The molecule has 0 saturated heterocycles. The van der Waals surface area contributed by atoms with Gasteiger partial charge in [0.05, 0.1) is 23.5 Å². The van der Waals surface area contributed by atoms with Crippen LogP contribution in [-0.2, 0) is 5.67 Å². The highest BCUT2D eigenvalue weighted by Crippen LogP contribution is 2.54. The first-order valence-corrected chi connectivity index (χ1v) is 5.24. The zero-order valence-electron chi connectivity index (χ0n) is 8.73. The summed E-state index contributed by atoms with van der Waals surface area (Å²) in [4.78, 5) is 0. The monoisotopic (exact) mass is 290 g/mol. The van der Waals surface area contributed by atoms with Crippen LogP contribution in [0.4, 0.5) is 17.6 Å². The highest BCUT2D eigenvalue weighted by Gasteiger charge is 2.62. The topological polar surface area (TPSA) is 0 Å². The summed E-state index contributed by atoms with van der Waals surface area (Å²) in [6.45, 7) is 0. The molecule has 0 fully saturated rings. The Morgan fingerprint density at radius 2 is 1.22 bits per heavy atom. The van der Waals surface area contributed by atoms with E-state index in [-0.39, 0.29) is 10.0 Å².